The van der Waals surface area contributed by atoms with E-state index in [1.807, 2.05) is 0 Å². The van der Waals surface area contributed by atoms with Crippen LogP contribution in [-0.4, -0.2) is 26.1 Å². The van der Waals surface area contributed by atoms with Gasteiger partial charge in [-0.15, -0.1) is 0 Å². The van der Waals surface area contributed by atoms with Gasteiger partial charge in [-0.05, 0) is 60.9 Å². The summed E-state index contributed by atoms with van der Waals surface area (Å²) >= 11 is 0. The summed E-state index contributed by atoms with van der Waals surface area (Å²) in [5.41, 5.74) is 8.35. The van der Waals surface area contributed by atoms with Crippen LogP contribution in [0.2, 0.25) is 39.3 Å². The van der Waals surface area contributed by atoms with Gasteiger partial charge in [-0.3, -0.25) is 9.97 Å². The SMILES string of the molecule is C[Si](C)(C)c1cc2c(nc1-c1cc3c(nc1[Si](C)(C)C)CCC3)CCC2. The molecule has 0 unspecified atom stereocenters. The van der Waals surface area contributed by atoms with Gasteiger partial charge in [0.05, 0.1) is 13.8 Å². The maximum atomic E-state index is 5.31. The summed E-state index contributed by atoms with van der Waals surface area (Å²) in [6, 6.07) is 5.01. The molecule has 0 bridgehead atoms. The van der Waals surface area contributed by atoms with Gasteiger partial charge in [0, 0.05) is 22.3 Å². The summed E-state index contributed by atoms with van der Waals surface area (Å²) in [6.45, 7) is 14.7. The molecule has 2 aromatic heterocycles. The average Bonchev–Trinajstić information content (AvgIpc) is 3.18. The van der Waals surface area contributed by atoms with Crippen molar-refractivity contribution < 1.29 is 0 Å². The zero-order valence-corrected chi connectivity index (χ0v) is 19.3. The van der Waals surface area contributed by atoms with E-state index >= 15 is 0 Å². The van der Waals surface area contributed by atoms with E-state index in [1.54, 1.807) is 0 Å². The molecule has 2 heterocycles. The van der Waals surface area contributed by atoms with Gasteiger partial charge in [-0.1, -0.05) is 45.3 Å². The molecule has 0 saturated carbocycles. The van der Waals surface area contributed by atoms with Crippen LogP contribution in [0, 0.1) is 0 Å². The predicted octanol–water partition coefficient (Wildman–Crippen LogP) is 4.21. The number of pyridine rings is 2. The van der Waals surface area contributed by atoms with Gasteiger partial charge in [-0.25, -0.2) is 0 Å². The van der Waals surface area contributed by atoms with Crippen LogP contribution in [0.25, 0.3) is 11.3 Å². The molecule has 4 heteroatoms. The second-order valence-electron chi connectivity index (χ2n) is 10.2. The Morgan fingerprint density at radius 3 is 1.85 bits per heavy atom. The Labute approximate surface area is 160 Å². The summed E-state index contributed by atoms with van der Waals surface area (Å²) in [5.74, 6) is 0. The molecule has 0 atom stereocenters. The van der Waals surface area contributed by atoms with Crippen molar-refractivity contribution in [3.05, 3.63) is 34.6 Å². The van der Waals surface area contributed by atoms with E-state index in [0.29, 0.717) is 0 Å². The maximum Gasteiger partial charge on any atom is 0.102 e. The van der Waals surface area contributed by atoms with E-state index in [4.69, 9.17) is 9.97 Å². The Kier molecular flexibility index (Phi) is 4.27. The van der Waals surface area contributed by atoms with Crippen molar-refractivity contribution >= 4 is 26.7 Å². The number of rotatable bonds is 3. The van der Waals surface area contributed by atoms with Crippen molar-refractivity contribution in [1.82, 2.24) is 9.97 Å². The first-order chi connectivity index (χ1) is 12.1. The second kappa shape index (κ2) is 6.13. The predicted molar refractivity (Wildman–Crippen MR) is 117 cm³/mol. The quantitative estimate of drug-likeness (QED) is 0.745. The Hall–Kier alpha value is -1.27. The highest BCUT2D eigenvalue weighted by atomic mass is 28.3. The zero-order valence-electron chi connectivity index (χ0n) is 17.3. The van der Waals surface area contributed by atoms with Crippen molar-refractivity contribution in [2.45, 2.75) is 77.8 Å². The molecule has 0 spiro atoms. The average molecular weight is 381 g/mol. The normalized spacial score (nSPS) is 16.7. The van der Waals surface area contributed by atoms with E-state index in [1.165, 1.54) is 70.0 Å². The van der Waals surface area contributed by atoms with E-state index in [0.717, 1.165) is 12.8 Å². The molecular formula is C22H32N2Si2. The molecule has 0 N–H and O–H groups in total. The molecule has 0 fully saturated rings. The molecule has 0 saturated heterocycles. The minimum atomic E-state index is -1.55. The molecule has 2 aliphatic rings. The zero-order chi connectivity index (χ0) is 18.7. The van der Waals surface area contributed by atoms with Crippen LogP contribution in [0.3, 0.4) is 0 Å². The van der Waals surface area contributed by atoms with Crippen molar-refractivity contribution in [3.8, 4) is 11.3 Å². The van der Waals surface area contributed by atoms with E-state index in [2.05, 4.69) is 51.4 Å². The molecule has 2 aromatic rings. The first kappa shape index (κ1) is 18.1. The monoisotopic (exact) mass is 380 g/mol. The summed E-state index contributed by atoms with van der Waals surface area (Å²) in [6.07, 6.45) is 7.23. The number of fused-ring (bicyclic) bond motifs is 2. The van der Waals surface area contributed by atoms with E-state index < -0.39 is 16.1 Å². The smallest absolute Gasteiger partial charge is 0.102 e. The Bertz CT molecular complexity index is 800. The lowest BCUT2D eigenvalue weighted by Crippen LogP contribution is -2.45. The molecule has 0 aromatic carbocycles. The third-order valence-electron chi connectivity index (χ3n) is 5.88. The van der Waals surface area contributed by atoms with Gasteiger partial charge >= 0.3 is 0 Å². The van der Waals surface area contributed by atoms with Crippen molar-refractivity contribution in [1.29, 1.82) is 0 Å². The Morgan fingerprint density at radius 1 is 0.692 bits per heavy atom. The largest absolute Gasteiger partial charge is 0.262 e. The van der Waals surface area contributed by atoms with Crippen LogP contribution in [0.15, 0.2) is 12.1 Å². The fourth-order valence-corrected chi connectivity index (χ4v) is 7.45. The van der Waals surface area contributed by atoms with Crippen LogP contribution in [0.1, 0.15) is 35.4 Å². The van der Waals surface area contributed by atoms with Crippen molar-refractivity contribution in [2.75, 3.05) is 0 Å². The fraction of sp³-hybridized carbons (Fsp3) is 0.545. The first-order valence-corrected chi connectivity index (χ1v) is 17.2. The van der Waals surface area contributed by atoms with Gasteiger partial charge < -0.3 is 0 Å². The standard InChI is InChI=1S/C22H32N2Si2/c1-25(2,3)20-14-16-10-8-11-18(16)23-21(20)17-13-15-9-7-12-19(15)24-22(17)26(4,5)6/h13-14H,7-12H2,1-6H3. The summed E-state index contributed by atoms with van der Waals surface area (Å²) in [7, 11) is -3.03. The van der Waals surface area contributed by atoms with Crippen LogP contribution < -0.4 is 10.5 Å². The number of nitrogens with zero attached hydrogens (tertiary/aromatic N) is 2. The molecule has 2 nitrogen and oxygen atoms in total. The number of aryl methyl sites for hydroxylation is 4. The van der Waals surface area contributed by atoms with E-state index in [-0.39, 0.29) is 0 Å². The first-order valence-electron chi connectivity index (χ1n) is 10.2. The highest BCUT2D eigenvalue weighted by Crippen LogP contribution is 2.29. The van der Waals surface area contributed by atoms with Crippen LogP contribution in [-0.2, 0) is 25.7 Å². The maximum absolute atomic E-state index is 5.31. The third kappa shape index (κ3) is 3.11. The number of hydrogen-bond acceptors (Lipinski definition) is 2. The fourth-order valence-electron chi connectivity index (χ4n) is 4.47. The third-order valence-corrected chi connectivity index (χ3v) is 9.67. The molecule has 0 radical (unpaired) electrons. The van der Waals surface area contributed by atoms with Crippen LogP contribution in [0.5, 0.6) is 0 Å². The van der Waals surface area contributed by atoms with Gasteiger partial charge in [0.15, 0.2) is 0 Å². The van der Waals surface area contributed by atoms with Gasteiger partial charge in [-0.2, -0.15) is 0 Å². The van der Waals surface area contributed by atoms with Crippen molar-refractivity contribution in [2.24, 2.45) is 0 Å². The van der Waals surface area contributed by atoms with Crippen LogP contribution in [0.4, 0.5) is 0 Å². The molecule has 26 heavy (non-hydrogen) atoms. The highest BCUT2D eigenvalue weighted by molar-refractivity contribution is 6.91. The minimum Gasteiger partial charge on any atom is -0.262 e. The lowest BCUT2D eigenvalue weighted by atomic mass is 10.1. The van der Waals surface area contributed by atoms with Crippen molar-refractivity contribution in [3.63, 3.8) is 0 Å². The lowest BCUT2D eigenvalue weighted by Gasteiger charge is -2.26. The summed E-state index contributed by atoms with van der Waals surface area (Å²) in [5, 5.41) is 2.92. The topological polar surface area (TPSA) is 25.8 Å². The second-order valence-corrected chi connectivity index (χ2v) is 20.2. The molecule has 0 aliphatic heterocycles. The van der Waals surface area contributed by atoms with Gasteiger partial charge in [0.1, 0.15) is 8.07 Å². The number of aromatic nitrogens is 2. The van der Waals surface area contributed by atoms with E-state index in [9.17, 15) is 0 Å². The minimum absolute atomic E-state index is 1.15. The molecule has 0 amide bonds. The summed E-state index contributed by atoms with van der Waals surface area (Å²) in [4.78, 5) is 10.6. The van der Waals surface area contributed by atoms with Gasteiger partial charge in [0.25, 0.3) is 0 Å². The molecular weight excluding hydrogens is 348 g/mol. The lowest BCUT2D eigenvalue weighted by molar-refractivity contribution is 0.900. The molecule has 138 valence electrons. The summed E-state index contributed by atoms with van der Waals surface area (Å²) < 4.78 is 0. The highest BCUT2D eigenvalue weighted by Gasteiger charge is 2.31. The molecule has 2 aliphatic carbocycles. The Morgan fingerprint density at radius 2 is 1.27 bits per heavy atom. The van der Waals surface area contributed by atoms with Gasteiger partial charge in [0.2, 0.25) is 0 Å². The Balaban J connectivity index is 2.01. The molecule has 4 rings (SSSR count). The van der Waals surface area contributed by atoms with Crippen LogP contribution >= 0.6 is 0 Å². The number of hydrogen-bond donors (Lipinski definition) is 0.